The second-order valence-electron chi connectivity index (χ2n) is 5.20. The molecule has 118 valence electrons. The van der Waals surface area contributed by atoms with Crippen LogP contribution in [0.4, 0.5) is 0 Å². The van der Waals surface area contributed by atoms with Crippen molar-refractivity contribution in [1.82, 2.24) is 0 Å². The van der Waals surface area contributed by atoms with Crippen molar-refractivity contribution in [3.63, 3.8) is 0 Å². The second-order valence-corrected chi connectivity index (χ2v) is 5.20. The van der Waals surface area contributed by atoms with Crippen LogP contribution in [0.1, 0.15) is 15.9 Å². The van der Waals surface area contributed by atoms with Gasteiger partial charge in [-0.2, -0.15) is 0 Å². The summed E-state index contributed by atoms with van der Waals surface area (Å²) < 4.78 is 5.70. The Hall–Kier alpha value is -3.33. The number of phenols is 1. The lowest BCUT2D eigenvalue weighted by molar-refractivity contribution is 0.104. The molecule has 0 atom stereocenters. The summed E-state index contributed by atoms with van der Waals surface area (Å²) in [5.41, 5.74) is 1.12. The van der Waals surface area contributed by atoms with E-state index >= 15 is 0 Å². The first kappa shape index (κ1) is 15.6. The Balaban J connectivity index is 1.81. The Bertz CT molecular complexity index is 853. The predicted octanol–water partition coefficient (Wildman–Crippen LogP) is 5.08. The van der Waals surface area contributed by atoms with Crippen LogP contribution in [-0.2, 0) is 0 Å². The highest BCUT2D eigenvalue weighted by Crippen LogP contribution is 2.27. The Kier molecular flexibility index (Phi) is 4.73. The number of para-hydroxylation sites is 1. The van der Waals surface area contributed by atoms with Crippen LogP contribution in [0.3, 0.4) is 0 Å². The van der Waals surface area contributed by atoms with E-state index in [1.807, 2.05) is 60.7 Å². The number of benzene rings is 3. The van der Waals surface area contributed by atoms with Gasteiger partial charge in [-0.3, -0.25) is 4.79 Å². The van der Waals surface area contributed by atoms with Crippen molar-refractivity contribution >= 4 is 11.9 Å². The number of carbonyl (C=O) groups excluding carboxylic acids is 1. The summed E-state index contributed by atoms with van der Waals surface area (Å²) in [4.78, 5) is 12.3. The van der Waals surface area contributed by atoms with Gasteiger partial charge in [0.2, 0.25) is 0 Å². The maximum atomic E-state index is 12.3. The molecule has 3 rings (SSSR count). The summed E-state index contributed by atoms with van der Waals surface area (Å²) in [6.45, 7) is 0. The van der Waals surface area contributed by atoms with Gasteiger partial charge in [0.05, 0.1) is 5.56 Å². The minimum absolute atomic E-state index is 0.0712. The van der Waals surface area contributed by atoms with Gasteiger partial charge in [0.25, 0.3) is 0 Å². The first-order valence-corrected chi connectivity index (χ1v) is 7.56. The van der Waals surface area contributed by atoms with Crippen molar-refractivity contribution in [2.45, 2.75) is 0 Å². The van der Waals surface area contributed by atoms with E-state index in [-0.39, 0.29) is 17.1 Å². The zero-order valence-electron chi connectivity index (χ0n) is 12.9. The summed E-state index contributed by atoms with van der Waals surface area (Å²) in [5.74, 6) is 0.810. The lowest BCUT2D eigenvalue weighted by Crippen LogP contribution is -1.96. The van der Waals surface area contributed by atoms with E-state index in [1.165, 1.54) is 12.1 Å². The van der Waals surface area contributed by atoms with Crippen LogP contribution in [0, 0.1) is 0 Å². The number of ether oxygens (including phenoxy) is 1. The Morgan fingerprint density at radius 2 is 1.50 bits per heavy atom. The van der Waals surface area contributed by atoms with Gasteiger partial charge in [0.1, 0.15) is 17.2 Å². The quantitative estimate of drug-likeness (QED) is 0.527. The third-order valence-electron chi connectivity index (χ3n) is 3.44. The van der Waals surface area contributed by atoms with Crippen LogP contribution in [-0.4, -0.2) is 10.9 Å². The van der Waals surface area contributed by atoms with Crippen molar-refractivity contribution in [3.8, 4) is 17.2 Å². The second kappa shape index (κ2) is 7.29. The molecule has 0 amide bonds. The van der Waals surface area contributed by atoms with Crippen LogP contribution >= 0.6 is 0 Å². The minimum Gasteiger partial charge on any atom is -0.507 e. The number of allylic oxidation sites excluding steroid dienone is 1. The normalized spacial score (nSPS) is 10.7. The number of aromatic hydroxyl groups is 1. The highest BCUT2D eigenvalue weighted by molar-refractivity contribution is 6.08. The molecule has 0 aliphatic carbocycles. The standard InChI is InChI=1S/C21H16O3/c22-20(13-11-16-7-3-1-4-8-16)19-15-18(12-14-21(19)23)24-17-9-5-2-6-10-17/h1-15,23H. The molecule has 3 aromatic rings. The molecular formula is C21H16O3. The third-order valence-corrected chi connectivity index (χ3v) is 3.44. The average Bonchev–Trinajstić information content (AvgIpc) is 2.63. The summed E-state index contributed by atoms with van der Waals surface area (Å²) in [6.07, 6.45) is 3.16. The number of phenolic OH excluding ortho intramolecular Hbond substituents is 1. The Morgan fingerprint density at radius 1 is 0.833 bits per heavy atom. The van der Waals surface area contributed by atoms with Crippen LogP contribution in [0.25, 0.3) is 6.08 Å². The van der Waals surface area contributed by atoms with Gasteiger partial charge in [-0.25, -0.2) is 0 Å². The van der Waals surface area contributed by atoms with Crippen LogP contribution < -0.4 is 4.74 Å². The maximum Gasteiger partial charge on any atom is 0.189 e. The van der Waals surface area contributed by atoms with Crippen molar-refractivity contribution in [3.05, 3.63) is 96.1 Å². The van der Waals surface area contributed by atoms with Gasteiger partial charge in [-0.1, -0.05) is 54.6 Å². The first-order chi connectivity index (χ1) is 11.7. The van der Waals surface area contributed by atoms with E-state index < -0.39 is 0 Å². The van der Waals surface area contributed by atoms with Gasteiger partial charge in [0, 0.05) is 0 Å². The molecule has 0 aliphatic heterocycles. The van der Waals surface area contributed by atoms with E-state index in [4.69, 9.17) is 4.74 Å². The monoisotopic (exact) mass is 316 g/mol. The fraction of sp³-hybridized carbons (Fsp3) is 0. The van der Waals surface area contributed by atoms with Gasteiger partial charge in [-0.15, -0.1) is 0 Å². The SMILES string of the molecule is O=C(C=Cc1ccccc1)c1cc(Oc2ccccc2)ccc1O. The molecule has 0 aliphatic rings. The predicted molar refractivity (Wildman–Crippen MR) is 94.4 cm³/mol. The van der Waals surface area contributed by atoms with E-state index in [1.54, 1.807) is 18.2 Å². The van der Waals surface area contributed by atoms with Crippen molar-refractivity contribution < 1.29 is 14.6 Å². The van der Waals surface area contributed by atoms with Crippen LogP contribution in [0.5, 0.6) is 17.2 Å². The lowest BCUT2D eigenvalue weighted by atomic mass is 10.1. The molecule has 0 fully saturated rings. The highest BCUT2D eigenvalue weighted by atomic mass is 16.5. The van der Waals surface area contributed by atoms with Crippen LogP contribution in [0.15, 0.2) is 84.9 Å². The van der Waals surface area contributed by atoms with Gasteiger partial charge in [-0.05, 0) is 42.0 Å². The molecule has 0 spiro atoms. The molecule has 0 bridgehead atoms. The summed E-state index contributed by atoms with van der Waals surface area (Å²) in [7, 11) is 0. The molecule has 3 nitrogen and oxygen atoms in total. The fourth-order valence-electron chi connectivity index (χ4n) is 2.23. The third kappa shape index (κ3) is 3.90. The zero-order valence-corrected chi connectivity index (χ0v) is 12.9. The largest absolute Gasteiger partial charge is 0.507 e. The summed E-state index contributed by atoms with van der Waals surface area (Å²) in [5, 5.41) is 9.96. The number of rotatable bonds is 5. The van der Waals surface area contributed by atoms with Crippen molar-refractivity contribution in [2.24, 2.45) is 0 Å². The molecule has 3 heteroatoms. The van der Waals surface area contributed by atoms with E-state index in [0.717, 1.165) is 5.56 Å². The van der Waals surface area contributed by atoms with Gasteiger partial charge >= 0.3 is 0 Å². The molecule has 0 heterocycles. The zero-order chi connectivity index (χ0) is 16.8. The highest BCUT2D eigenvalue weighted by Gasteiger charge is 2.10. The van der Waals surface area contributed by atoms with Crippen LogP contribution in [0.2, 0.25) is 0 Å². The minimum atomic E-state index is -0.283. The van der Waals surface area contributed by atoms with E-state index in [2.05, 4.69) is 0 Å². The molecule has 0 saturated carbocycles. The van der Waals surface area contributed by atoms with Gasteiger partial charge < -0.3 is 9.84 Å². The van der Waals surface area contributed by atoms with Crippen molar-refractivity contribution in [1.29, 1.82) is 0 Å². The molecular weight excluding hydrogens is 300 g/mol. The smallest absolute Gasteiger partial charge is 0.189 e. The van der Waals surface area contributed by atoms with Crippen molar-refractivity contribution in [2.75, 3.05) is 0 Å². The molecule has 0 aromatic heterocycles. The summed E-state index contributed by atoms with van der Waals surface area (Å²) in [6, 6.07) is 23.4. The number of carbonyl (C=O) groups is 1. The van der Waals surface area contributed by atoms with E-state index in [9.17, 15) is 9.90 Å². The Morgan fingerprint density at radius 3 is 2.21 bits per heavy atom. The van der Waals surface area contributed by atoms with E-state index in [0.29, 0.717) is 11.5 Å². The fourth-order valence-corrected chi connectivity index (χ4v) is 2.23. The molecule has 1 N–H and O–H groups in total. The Labute approximate surface area is 140 Å². The number of hydrogen-bond donors (Lipinski definition) is 1. The summed E-state index contributed by atoms with van der Waals surface area (Å²) >= 11 is 0. The molecule has 24 heavy (non-hydrogen) atoms. The molecule has 0 saturated heterocycles. The maximum absolute atomic E-state index is 12.3. The molecule has 0 radical (unpaired) electrons. The first-order valence-electron chi connectivity index (χ1n) is 7.56. The molecule has 3 aromatic carbocycles. The topological polar surface area (TPSA) is 46.5 Å². The average molecular weight is 316 g/mol. The number of hydrogen-bond acceptors (Lipinski definition) is 3. The number of ketones is 1. The molecule has 0 unspecified atom stereocenters. The van der Waals surface area contributed by atoms with Gasteiger partial charge in [0.15, 0.2) is 5.78 Å². The lowest BCUT2D eigenvalue weighted by Gasteiger charge is -2.08.